The number of hydrogen-bond acceptors (Lipinski definition) is 0. The number of nitrogens with zero attached hydrogens (tertiary/aromatic N) is 2. The van der Waals surface area contributed by atoms with Gasteiger partial charge in [0.2, 0.25) is 0 Å². The smallest absolute Gasteiger partial charge is 0.0547 e. The molecule has 0 aliphatic rings. The monoisotopic (exact) mass is 788 g/mol. The van der Waals surface area contributed by atoms with Gasteiger partial charge in [-0.25, -0.2) is 0 Å². The van der Waals surface area contributed by atoms with E-state index in [4.69, 9.17) is 0 Å². The van der Waals surface area contributed by atoms with Gasteiger partial charge in [0.05, 0.1) is 22.1 Å². The fourth-order valence-electron chi connectivity index (χ4n) is 9.61. The highest BCUT2D eigenvalue weighted by molar-refractivity contribution is 6.17. The molecule has 0 unspecified atom stereocenters. The second-order valence-electron chi connectivity index (χ2n) is 16.1. The van der Waals surface area contributed by atoms with Gasteiger partial charge in [-0.1, -0.05) is 176 Å². The molecule has 12 aromatic rings. The summed E-state index contributed by atoms with van der Waals surface area (Å²) in [5.74, 6) is 0. The Hall–Kier alpha value is -8.20. The molecule has 0 spiro atoms. The molecule has 290 valence electrons. The number of rotatable bonds is 7. The average molecular weight is 789 g/mol. The molecule has 0 atom stereocenters. The van der Waals surface area contributed by atoms with E-state index in [2.05, 4.69) is 252 Å². The number of benzene rings is 10. The Labute approximate surface area is 360 Å². The summed E-state index contributed by atoms with van der Waals surface area (Å²) in [4.78, 5) is 0. The summed E-state index contributed by atoms with van der Waals surface area (Å²) in [5.41, 5.74) is 19.0. The minimum Gasteiger partial charge on any atom is -0.309 e. The predicted molar refractivity (Wildman–Crippen MR) is 262 cm³/mol. The van der Waals surface area contributed by atoms with Crippen LogP contribution in [-0.4, -0.2) is 9.13 Å². The highest BCUT2D eigenvalue weighted by atomic mass is 15.0. The van der Waals surface area contributed by atoms with Crippen LogP contribution in [0.25, 0.3) is 111 Å². The first kappa shape index (κ1) is 35.7. The Bertz CT molecular complexity index is 3540. The Morgan fingerprint density at radius 1 is 0.210 bits per heavy atom. The second kappa shape index (κ2) is 14.8. The first-order chi connectivity index (χ1) is 30.7. The van der Waals surface area contributed by atoms with Gasteiger partial charge in [0.15, 0.2) is 0 Å². The maximum atomic E-state index is 2.44. The van der Waals surface area contributed by atoms with E-state index in [9.17, 15) is 0 Å². The van der Waals surface area contributed by atoms with E-state index < -0.39 is 0 Å². The van der Waals surface area contributed by atoms with Crippen molar-refractivity contribution >= 4 is 43.6 Å². The molecule has 0 saturated carbocycles. The molecule has 0 amide bonds. The molecule has 0 N–H and O–H groups in total. The third-order valence-electron chi connectivity index (χ3n) is 12.5. The van der Waals surface area contributed by atoms with Crippen molar-refractivity contribution in [3.63, 3.8) is 0 Å². The number of fused-ring (bicyclic) bond motifs is 6. The van der Waals surface area contributed by atoms with E-state index in [-0.39, 0.29) is 0 Å². The SMILES string of the molecule is c1ccc(-c2cc(-c3ccccc3)cc(-n3c4ccccc4c4cc(-c5ccc6c(c5)c5c(-c7ccccc7)cccc5n6-c5cccc(-c6ccccc6)c5)ccc43)c2)cc1. The van der Waals surface area contributed by atoms with Crippen molar-refractivity contribution in [3.8, 4) is 67.0 Å². The molecule has 2 nitrogen and oxygen atoms in total. The molecule has 12 rings (SSSR count). The molecule has 2 heteroatoms. The highest BCUT2D eigenvalue weighted by Gasteiger charge is 2.19. The van der Waals surface area contributed by atoms with E-state index in [1.165, 1.54) is 99.2 Å². The normalized spacial score (nSPS) is 11.5. The molecule has 2 aromatic heterocycles. The summed E-state index contributed by atoms with van der Waals surface area (Å²) in [6, 6.07) is 88.5. The van der Waals surface area contributed by atoms with Gasteiger partial charge in [0.1, 0.15) is 0 Å². The minimum atomic E-state index is 1.14. The topological polar surface area (TPSA) is 9.86 Å². The van der Waals surface area contributed by atoms with Crippen molar-refractivity contribution in [1.29, 1.82) is 0 Å². The summed E-state index contributed by atoms with van der Waals surface area (Å²) in [5, 5.41) is 4.95. The first-order valence-electron chi connectivity index (χ1n) is 21.3. The molecule has 0 saturated heterocycles. The van der Waals surface area contributed by atoms with E-state index in [1.54, 1.807) is 0 Å². The van der Waals surface area contributed by atoms with Crippen molar-refractivity contribution in [1.82, 2.24) is 9.13 Å². The molecule has 0 radical (unpaired) electrons. The van der Waals surface area contributed by atoms with Gasteiger partial charge in [0, 0.05) is 32.9 Å². The number of hydrogen-bond donors (Lipinski definition) is 0. The quantitative estimate of drug-likeness (QED) is 0.152. The van der Waals surface area contributed by atoms with E-state index in [0.717, 1.165) is 11.4 Å². The van der Waals surface area contributed by atoms with Crippen LogP contribution in [0.5, 0.6) is 0 Å². The summed E-state index contributed by atoms with van der Waals surface area (Å²) >= 11 is 0. The van der Waals surface area contributed by atoms with Gasteiger partial charge < -0.3 is 9.13 Å². The van der Waals surface area contributed by atoms with Gasteiger partial charge in [-0.2, -0.15) is 0 Å². The lowest BCUT2D eigenvalue weighted by Gasteiger charge is -2.14. The third kappa shape index (κ3) is 6.04. The molecular formula is C60H40N2. The number of para-hydroxylation sites is 1. The lowest BCUT2D eigenvalue weighted by atomic mass is 9.97. The minimum absolute atomic E-state index is 1.14. The van der Waals surface area contributed by atoms with Crippen molar-refractivity contribution in [2.45, 2.75) is 0 Å². The van der Waals surface area contributed by atoms with E-state index >= 15 is 0 Å². The third-order valence-corrected chi connectivity index (χ3v) is 12.5. The molecule has 0 aliphatic carbocycles. The van der Waals surface area contributed by atoms with Crippen LogP contribution < -0.4 is 0 Å². The van der Waals surface area contributed by atoms with Gasteiger partial charge in [0.25, 0.3) is 0 Å². The van der Waals surface area contributed by atoms with Gasteiger partial charge in [-0.05, 0) is 122 Å². The molecule has 2 heterocycles. The summed E-state index contributed by atoms with van der Waals surface area (Å²) in [7, 11) is 0. The van der Waals surface area contributed by atoms with Gasteiger partial charge in [-0.15, -0.1) is 0 Å². The maximum Gasteiger partial charge on any atom is 0.0547 e. The van der Waals surface area contributed by atoms with E-state index in [0.29, 0.717) is 0 Å². The van der Waals surface area contributed by atoms with Crippen LogP contribution in [0.1, 0.15) is 0 Å². The Morgan fingerprint density at radius 3 is 1.29 bits per heavy atom. The van der Waals surface area contributed by atoms with Crippen LogP contribution in [0.2, 0.25) is 0 Å². The average Bonchev–Trinajstić information content (AvgIpc) is 3.87. The maximum absolute atomic E-state index is 2.44. The summed E-state index contributed by atoms with van der Waals surface area (Å²) < 4.78 is 4.89. The van der Waals surface area contributed by atoms with Crippen LogP contribution >= 0.6 is 0 Å². The predicted octanol–water partition coefficient (Wildman–Crippen LogP) is 16.2. The van der Waals surface area contributed by atoms with Crippen LogP contribution in [0.3, 0.4) is 0 Å². The van der Waals surface area contributed by atoms with E-state index in [1.807, 2.05) is 0 Å². The van der Waals surface area contributed by atoms with Gasteiger partial charge >= 0.3 is 0 Å². The Morgan fingerprint density at radius 2 is 0.645 bits per heavy atom. The van der Waals surface area contributed by atoms with Crippen LogP contribution in [-0.2, 0) is 0 Å². The second-order valence-corrected chi connectivity index (χ2v) is 16.1. The zero-order valence-electron chi connectivity index (χ0n) is 34.0. The van der Waals surface area contributed by atoms with Crippen molar-refractivity contribution in [2.24, 2.45) is 0 Å². The zero-order chi connectivity index (χ0) is 41.0. The molecule has 0 aliphatic heterocycles. The van der Waals surface area contributed by atoms with Crippen LogP contribution in [0.15, 0.2) is 243 Å². The molecule has 0 bridgehead atoms. The van der Waals surface area contributed by atoms with Crippen molar-refractivity contribution in [3.05, 3.63) is 243 Å². The molecule has 62 heavy (non-hydrogen) atoms. The highest BCUT2D eigenvalue weighted by Crippen LogP contribution is 2.42. The molecule has 10 aromatic carbocycles. The standard InChI is InChI=1S/C60H40N2/c1-5-17-41(18-6-1)45-25-15-26-50(36-45)61-58-34-32-47(40-55(58)60-52(28-16-30-59(60)61)44-23-11-4-12-24-44)46-31-33-57-54(39-46)53-27-13-14-29-56(53)62(57)51-37-48(42-19-7-2-8-20-42)35-49(38-51)43-21-9-3-10-22-43/h1-40H. The molecule has 0 fully saturated rings. The lowest BCUT2D eigenvalue weighted by molar-refractivity contribution is 1.18. The zero-order valence-corrected chi connectivity index (χ0v) is 34.0. The van der Waals surface area contributed by atoms with Gasteiger partial charge in [-0.3, -0.25) is 0 Å². The molecular weight excluding hydrogens is 749 g/mol. The Kier molecular flexibility index (Phi) is 8.53. The van der Waals surface area contributed by atoms with Crippen LogP contribution in [0, 0.1) is 0 Å². The summed E-state index contributed by atoms with van der Waals surface area (Å²) in [6.07, 6.45) is 0. The lowest BCUT2D eigenvalue weighted by Crippen LogP contribution is -1.96. The Balaban J connectivity index is 1.06. The fraction of sp³-hybridized carbons (Fsp3) is 0. The number of aromatic nitrogens is 2. The summed E-state index contributed by atoms with van der Waals surface area (Å²) in [6.45, 7) is 0. The fourth-order valence-corrected chi connectivity index (χ4v) is 9.61. The first-order valence-corrected chi connectivity index (χ1v) is 21.3. The van der Waals surface area contributed by atoms with Crippen molar-refractivity contribution < 1.29 is 0 Å². The largest absolute Gasteiger partial charge is 0.309 e. The van der Waals surface area contributed by atoms with Crippen LogP contribution in [0.4, 0.5) is 0 Å². The van der Waals surface area contributed by atoms with Crippen molar-refractivity contribution in [2.75, 3.05) is 0 Å².